The van der Waals surface area contributed by atoms with Crippen molar-refractivity contribution in [2.75, 3.05) is 26.7 Å². The van der Waals surface area contributed by atoms with Crippen LogP contribution in [0.1, 0.15) is 28.9 Å². The zero-order valence-electron chi connectivity index (χ0n) is 15.6. The van der Waals surface area contributed by atoms with Gasteiger partial charge in [-0.1, -0.05) is 30.3 Å². The quantitative estimate of drug-likeness (QED) is 0.880. The van der Waals surface area contributed by atoms with E-state index in [9.17, 15) is 9.59 Å². The number of carbonyl (C=O) groups is 2. The molecule has 1 heterocycles. The Balaban J connectivity index is 1.57. The van der Waals surface area contributed by atoms with E-state index in [0.29, 0.717) is 24.4 Å². The number of rotatable bonds is 5. The van der Waals surface area contributed by atoms with Gasteiger partial charge in [0, 0.05) is 12.1 Å². The number of ether oxygens (including phenoxy) is 2. The van der Waals surface area contributed by atoms with Crippen LogP contribution in [0.5, 0.6) is 5.75 Å². The molecule has 0 unspecified atom stereocenters. The molecule has 1 fully saturated rings. The van der Waals surface area contributed by atoms with Gasteiger partial charge in [-0.25, -0.2) is 0 Å². The lowest BCUT2D eigenvalue weighted by molar-refractivity contribution is -0.143. The molecule has 0 spiro atoms. The molecule has 1 aliphatic rings. The van der Waals surface area contributed by atoms with Crippen molar-refractivity contribution in [2.45, 2.75) is 19.1 Å². The van der Waals surface area contributed by atoms with Crippen molar-refractivity contribution < 1.29 is 19.1 Å². The van der Waals surface area contributed by atoms with Crippen molar-refractivity contribution in [1.82, 2.24) is 10.2 Å². The lowest BCUT2D eigenvalue weighted by atomic mass is 10.1. The number of amides is 2. The third-order valence-corrected chi connectivity index (χ3v) is 4.54. The third-order valence-electron chi connectivity index (χ3n) is 4.54. The van der Waals surface area contributed by atoms with Crippen molar-refractivity contribution in [3.8, 4) is 5.75 Å². The average molecular weight is 368 g/mol. The maximum absolute atomic E-state index is 12.6. The molecule has 27 heavy (non-hydrogen) atoms. The molecule has 6 heteroatoms. The van der Waals surface area contributed by atoms with E-state index < -0.39 is 0 Å². The first kappa shape index (κ1) is 18.9. The molecule has 2 amide bonds. The van der Waals surface area contributed by atoms with Gasteiger partial charge in [0.05, 0.1) is 26.3 Å². The standard InChI is InChI=1S/C21H24N2O4/c1-15-13-23(14-19(27-15)16-6-4-3-5-7-16)20(24)12-22-21(25)17-8-10-18(26-2)11-9-17/h3-11,15,19H,12-14H2,1-2H3,(H,22,25)/t15-,19+/m0/s1. The van der Waals surface area contributed by atoms with Gasteiger partial charge < -0.3 is 19.7 Å². The lowest BCUT2D eigenvalue weighted by Crippen LogP contribution is -2.49. The summed E-state index contributed by atoms with van der Waals surface area (Å²) in [5, 5.41) is 2.69. The Kier molecular flexibility index (Phi) is 6.08. The second-order valence-corrected chi connectivity index (χ2v) is 6.56. The fourth-order valence-electron chi connectivity index (χ4n) is 3.12. The minimum atomic E-state index is -0.285. The Hall–Kier alpha value is -2.86. The number of carbonyl (C=O) groups excluding carboxylic acids is 2. The fraction of sp³-hybridized carbons (Fsp3) is 0.333. The van der Waals surface area contributed by atoms with Crippen LogP contribution >= 0.6 is 0 Å². The number of hydrogen-bond acceptors (Lipinski definition) is 4. The van der Waals surface area contributed by atoms with Gasteiger partial charge in [-0.15, -0.1) is 0 Å². The van der Waals surface area contributed by atoms with Gasteiger partial charge in [-0.05, 0) is 36.8 Å². The van der Waals surface area contributed by atoms with Gasteiger partial charge in [0.25, 0.3) is 5.91 Å². The van der Waals surface area contributed by atoms with E-state index in [-0.39, 0.29) is 30.6 Å². The van der Waals surface area contributed by atoms with E-state index in [1.807, 2.05) is 37.3 Å². The summed E-state index contributed by atoms with van der Waals surface area (Å²) in [5.41, 5.74) is 1.53. The van der Waals surface area contributed by atoms with Crippen LogP contribution in [0.4, 0.5) is 0 Å². The maximum atomic E-state index is 12.6. The van der Waals surface area contributed by atoms with E-state index in [1.54, 1.807) is 36.3 Å². The van der Waals surface area contributed by atoms with Crippen LogP contribution in [0, 0.1) is 0 Å². The van der Waals surface area contributed by atoms with Crippen LogP contribution in [-0.2, 0) is 9.53 Å². The Morgan fingerprint density at radius 1 is 1.11 bits per heavy atom. The highest BCUT2D eigenvalue weighted by Gasteiger charge is 2.29. The van der Waals surface area contributed by atoms with Crippen molar-refractivity contribution in [1.29, 1.82) is 0 Å². The third kappa shape index (κ3) is 4.86. The molecule has 1 N–H and O–H groups in total. The van der Waals surface area contributed by atoms with Crippen molar-refractivity contribution in [3.63, 3.8) is 0 Å². The van der Waals surface area contributed by atoms with Gasteiger partial charge in [-0.3, -0.25) is 9.59 Å². The Morgan fingerprint density at radius 2 is 1.81 bits per heavy atom. The molecule has 0 aliphatic carbocycles. The van der Waals surface area contributed by atoms with Crippen LogP contribution in [0.2, 0.25) is 0 Å². The Labute approximate surface area is 159 Å². The summed E-state index contributed by atoms with van der Waals surface area (Å²) in [6.45, 7) is 2.90. The van der Waals surface area contributed by atoms with Gasteiger partial charge >= 0.3 is 0 Å². The number of methoxy groups -OCH3 is 1. The summed E-state index contributed by atoms with van der Waals surface area (Å²) in [4.78, 5) is 26.6. The monoisotopic (exact) mass is 368 g/mol. The summed E-state index contributed by atoms with van der Waals surface area (Å²) in [6.07, 6.45) is -0.221. The van der Waals surface area contributed by atoms with E-state index >= 15 is 0 Å². The molecular weight excluding hydrogens is 344 g/mol. The molecule has 142 valence electrons. The molecule has 1 saturated heterocycles. The van der Waals surface area contributed by atoms with Crippen molar-refractivity contribution in [2.24, 2.45) is 0 Å². The predicted molar refractivity (Wildman–Crippen MR) is 102 cm³/mol. The van der Waals surface area contributed by atoms with Gasteiger partial charge in [0.1, 0.15) is 11.9 Å². The van der Waals surface area contributed by atoms with Crippen LogP contribution < -0.4 is 10.1 Å². The minimum Gasteiger partial charge on any atom is -0.497 e. The SMILES string of the molecule is COc1ccc(C(=O)NCC(=O)N2C[C@H](C)O[C@@H](c3ccccc3)C2)cc1. The minimum absolute atomic E-state index is 0.0426. The number of hydrogen-bond donors (Lipinski definition) is 1. The van der Waals surface area contributed by atoms with E-state index in [1.165, 1.54) is 0 Å². The second-order valence-electron chi connectivity index (χ2n) is 6.56. The Morgan fingerprint density at radius 3 is 2.48 bits per heavy atom. The molecule has 0 bridgehead atoms. The topological polar surface area (TPSA) is 67.9 Å². The highest BCUT2D eigenvalue weighted by Crippen LogP contribution is 2.25. The van der Waals surface area contributed by atoms with Crippen LogP contribution in [0.15, 0.2) is 54.6 Å². The highest BCUT2D eigenvalue weighted by atomic mass is 16.5. The normalized spacial score (nSPS) is 19.4. The molecule has 6 nitrogen and oxygen atoms in total. The zero-order chi connectivity index (χ0) is 19.2. The van der Waals surface area contributed by atoms with Gasteiger partial charge in [0.15, 0.2) is 0 Å². The molecule has 3 rings (SSSR count). The van der Waals surface area contributed by atoms with Gasteiger partial charge in [0.2, 0.25) is 5.91 Å². The first-order valence-corrected chi connectivity index (χ1v) is 8.97. The Bertz CT molecular complexity index is 777. The fourth-order valence-corrected chi connectivity index (χ4v) is 3.12. The van der Waals surface area contributed by atoms with Crippen molar-refractivity contribution >= 4 is 11.8 Å². The largest absolute Gasteiger partial charge is 0.497 e. The van der Waals surface area contributed by atoms with Crippen LogP contribution in [-0.4, -0.2) is 49.6 Å². The molecule has 0 radical (unpaired) electrons. The number of nitrogens with zero attached hydrogens (tertiary/aromatic N) is 1. The first-order chi connectivity index (χ1) is 13.1. The molecular formula is C21H24N2O4. The summed E-state index contributed by atoms with van der Waals surface area (Å²) >= 11 is 0. The maximum Gasteiger partial charge on any atom is 0.251 e. The molecule has 2 aromatic carbocycles. The first-order valence-electron chi connectivity index (χ1n) is 8.97. The molecule has 1 aliphatic heterocycles. The van der Waals surface area contributed by atoms with E-state index in [2.05, 4.69) is 5.32 Å². The van der Waals surface area contributed by atoms with Crippen molar-refractivity contribution in [3.05, 3.63) is 65.7 Å². The number of nitrogens with one attached hydrogen (secondary N) is 1. The number of morpholine rings is 1. The summed E-state index contributed by atoms with van der Waals surface area (Å²) < 4.78 is 11.1. The lowest BCUT2D eigenvalue weighted by Gasteiger charge is -2.37. The zero-order valence-corrected chi connectivity index (χ0v) is 15.6. The summed E-state index contributed by atoms with van der Waals surface area (Å²) in [5.74, 6) is 0.275. The predicted octanol–water partition coefficient (Wildman–Crippen LogP) is 2.41. The smallest absolute Gasteiger partial charge is 0.251 e. The molecule has 2 atom stereocenters. The number of benzene rings is 2. The van der Waals surface area contributed by atoms with Crippen LogP contribution in [0.25, 0.3) is 0 Å². The van der Waals surface area contributed by atoms with E-state index in [0.717, 1.165) is 5.56 Å². The average Bonchev–Trinajstić information content (AvgIpc) is 2.72. The highest BCUT2D eigenvalue weighted by molar-refractivity contribution is 5.96. The summed E-state index contributed by atoms with van der Waals surface area (Å²) in [6, 6.07) is 16.6. The molecule has 0 aromatic heterocycles. The second kappa shape index (κ2) is 8.68. The van der Waals surface area contributed by atoms with Gasteiger partial charge in [-0.2, -0.15) is 0 Å². The van der Waals surface area contributed by atoms with E-state index in [4.69, 9.17) is 9.47 Å². The van der Waals surface area contributed by atoms with Crippen LogP contribution in [0.3, 0.4) is 0 Å². The molecule has 0 saturated carbocycles. The summed E-state index contributed by atoms with van der Waals surface area (Å²) in [7, 11) is 1.57. The molecule has 2 aromatic rings.